The van der Waals surface area contributed by atoms with Crippen LogP contribution in [0.4, 0.5) is 0 Å². The van der Waals surface area contributed by atoms with Gasteiger partial charge >= 0.3 is 0 Å². The summed E-state index contributed by atoms with van der Waals surface area (Å²) in [5.74, 6) is 0.608. The van der Waals surface area contributed by atoms with Crippen molar-refractivity contribution in [2.24, 2.45) is 0 Å². The fraction of sp³-hybridized carbons (Fsp3) is 0.667. The molecule has 0 radical (unpaired) electrons. The second-order valence-electron chi connectivity index (χ2n) is 6.33. The maximum Gasteiger partial charge on any atom is 0.240 e. The van der Waals surface area contributed by atoms with Crippen molar-refractivity contribution in [3.05, 3.63) is 29.8 Å². The Morgan fingerprint density at radius 1 is 1.04 bits per heavy atom. The van der Waals surface area contributed by atoms with E-state index in [9.17, 15) is 8.42 Å². The largest absolute Gasteiger partial charge is 0.303 e. The first-order valence-corrected chi connectivity index (χ1v) is 10.4. The molecule has 1 saturated carbocycles. The van der Waals surface area contributed by atoms with Crippen molar-refractivity contribution in [3.8, 4) is 0 Å². The summed E-state index contributed by atoms with van der Waals surface area (Å²) in [5, 5.41) is 0. The molecule has 1 aliphatic rings. The fourth-order valence-corrected chi connectivity index (χ4v) is 4.34. The average molecular weight is 339 g/mol. The van der Waals surface area contributed by atoms with Gasteiger partial charge in [0.05, 0.1) is 4.90 Å². The van der Waals surface area contributed by atoms with E-state index >= 15 is 0 Å². The van der Waals surface area contributed by atoms with E-state index in [-0.39, 0.29) is 0 Å². The van der Waals surface area contributed by atoms with Crippen LogP contribution in [0.15, 0.2) is 29.2 Å². The molecule has 0 heterocycles. The van der Waals surface area contributed by atoms with Crippen molar-refractivity contribution in [3.63, 3.8) is 0 Å². The third kappa shape index (κ3) is 5.30. The summed E-state index contributed by atoms with van der Waals surface area (Å²) >= 11 is 0. The van der Waals surface area contributed by atoms with Gasteiger partial charge in [0.1, 0.15) is 0 Å². The highest BCUT2D eigenvalue weighted by Crippen LogP contribution is 2.32. The number of hydrogen-bond donors (Lipinski definition) is 1. The highest BCUT2D eigenvalue weighted by Gasteiger charge is 2.18. The van der Waals surface area contributed by atoms with Crippen molar-refractivity contribution in [2.45, 2.75) is 56.8 Å². The second-order valence-corrected chi connectivity index (χ2v) is 8.10. The maximum atomic E-state index is 12.3. The van der Waals surface area contributed by atoms with Crippen LogP contribution < -0.4 is 4.72 Å². The molecule has 1 aromatic carbocycles. The summed E-state index contributed by atoms with van der Waals surface area (Å²) in [6.07, 6.45) is 6.37. The van der Waals surface area contributed by atoms with Gasteiger partial charge in [-0.1, -0.05) is 45.2 Å². The van der Waals surface area contributed by atoms with Gasteiger partial charge in [0, 0.05) is 13.1 Å². The summed E-state index contributed by atoms with van der Waals surface area (Å²) in [7, 11) is -3.40. The molecule has 1 aliphatic carbocycles. The number of nitrogens with zero attached hydrogens (tertiary/aromatic N) is 1. The van der Waals surface area contributed by atoms with Crippen LogP contribution in [0.2, 0.25) is 0 Å². The molecule has 1 fully saturated rings. The number of benzene rings is 1. The predicted molar refractivity (Wildman–Crippen MR) is 95.2 cm³/mol. The molecule has 0 aromatic heterocycles. The SMILES string of the molecule is CCN(CC)CCNS(=O)(=O)c1ccc(C2CCCCC2)cc1. The third-order valence-electron chi connectivity index (χ3n) is 4.88. The van der Waals surface area contributed by atoms with Gasteiger partial charge in [-0.25, -0.2) is 13.1 Å². The topological polar surface area (TPSA) is 49.4 Å². The van der Waals surface area contributed by atoms with Crippen LogP contribution in [0.3, 0.4) is 0 Å². The Balaban J connectivity index is 1.94. The Bertz CT molecular complexity index is 559. The third-order valence-corrected chi connectivity index (χ3v) is 6.36. The van der Waals surface area contributed by atoms with Crippen LogP contribution in [-0.2, 0) is 10.0 Å². The lowest BCUT2D eigenvalue weighted by Crippen LogP contribution is -2.34. The molecule has 0 amide bonds. The highest BCUT2D eigenvalue weighted by molar-refractivity contribution is 7.89. The molecule has 0 aliphatic heterocycles. The minimum absolute atomic E-state index is 0.372. The number of rotatable bonds is 8. The fourth-order valence-electron chi connectivity index (χ4n) is 3.32. The first-order chi connectivity index (χ1) is 11.1. The number of sulfonamides is 1. The lowest BCUT2D eigenvalue weighted by atomic mass is 9.84. The van der Waals surface area contributed by atoms with Crippen LogP contribution in [0.25, 0.3) is 0 Å². The van der Waals surface area contributed by atoms with E-state index < -0.39 is 10.0 Å². The van der Waals surface area contributed by atoms with Crippen molar-refractivity contribution >= 4 is 10.0 Å². The van der Waals surface area contributed by atoms with Crippen molar-refractivity contribution in [1.29, 1.82) is 0 Å². The summed E-state index contributed by atoms with van der Waals surface area (Å²) in [5.41, 5.74) is 1.28. The average Bonchev–Trinajstić information content (AvgIpc) is 2.59. The summed E-state index contributed by atoms with van der Waals surface area (Å²) < 4.78 is 27.4. The second kappa shape index (κ2) is 8.81. The maximum absolute atomic E-state index is 12.3. The van der Waals surface area contributed by atoms with E-state index in [0.717, 1.165) is 19.6 Å². The molecule has 5 heteroatoms. The zero-order valence-corrected chi connectivity index (χ0v) is 15.2. The van der Waals surface area contributed by atoms with Crippen LogP contribution >= 0.6 is 0 Å². The molecular weight excluding hydrogens is 308 g/mol. The molecule has 130 valence electrons. The summed E-state index contributed by atoms with van der Waals surface area (Å²) in [4.78, 5) is 2.57. The number of hydrogen-bond acceptors (Lipinski definition) is 3. The molecule has 2 rings (SSSR count). The molecule has 23 heavy (non-hydrogen) atoms. The van der Waals surface area contributed by atoms with Gasteiger partial charge in [0.2, 0.25) is 10.0 Å². The van der Waals surface area contributed by atoms with Crippen LogP contribution in [-0.4, -0.2) is 39.5 Å². The molecule has 0 unspecified atom stereocenters. The lowest BCUT2D eigenvalue weighted by molar-refractivity contribution is 0.309. The minimum atomic E-state index is -3.40. The summed E-state index contributed by atoms with van der Waals surface area (Å²) in [6.45, 7) is 7.24. The van der Waals surface area contributed by atoms with Crippen molar-refractivity contribution in [2.75, 3.05) is 26.2 Å². The van der Waals surface area contributed by atoms with E-state index in [4.69, 9.17) is 0 Å². The van der Waals surface area contributed by atoms with Gasteiger partial charge in [-0.05, 0) is 49.5 Å². The Hall–Kier alpha value is -0.910. The van der Waals surface area contributed by atoms with Gasteiger partial charge in [-0.3, -0.25) is 0 Å². The van der Waals surface area contributed by atoms with Gasteiger partial charge in [-0.15, -0.1) is 0 Å². The minimum Gasteiger partial charge on any atom is -0.303 e. The van der Waals surface area contributed by atoms with Gasteiger partial charge in [0.25, 0.3) is 0 Å². The Morgan fingerprint density at radius 2 is 1.65 bits per heavy atom. The van der Waals surface area contributed by atoms with E-state index in [1.165, 1.54) is 37.7 Å². The van der Waals surface area contributed by atoms with E-state index in [1.807, 2.05) is 12.1 Å². The normalized spacial score (nSPS) is 16.8. The molecule has 0 spiro atoms. The summed E-state index contributed by atoms with van der Waals surface area (Å²) in [6, 6.07) is 7.50. The lowest BCUT2D eigenvalue weighted by Gasteiger charge is -2.22. The molecule has 0 atom stereocenters. The first-order valence-electron chi connectivity index (χ1n) is 8.88. The zero-order chi connectivity index (χ0) is 16.7. The number of likely N-dealkylation sites (N-methyl/N-ethyl adjacent to an activating group) is 1. The standard InChI is InChI=1S/C18H30N2O2S/c1-3-20(4-2)15-14-19-23(21,22)18-12-10-17(11-13-18)16-8-6-5-7-9-16/h10-13,16,19H,3-9,14-15H2,1-2H3. The number of nitrogens with one attached hydrogen (secondary N) is 1. The molecule has 0 bridgehead atoms. The van der Waals surface area contributed by atoms with E-state index in [1.54, 1.807) is 12.1 Å². The van der Waals surface area contributed by atoms with Crippen LogP contribution in [0.1, 0.15) is 57.4 Å². The first kappa shape index (κ1) is 18.4. The molecule has 1 aromatic rings. The van der Waals surface area contributed by atoms with Crippen molar-refractivity contribution in [1.82, 2.24) is 9.62 Å². The zero-order valence-electron chi connectivity index (χ0n) is 14.4. The molecule has 4 nitrogen and oxygen atoms in total. The smallest absolute Gasteiger partial charge is 0.240 e. The van der Waals surface area contributed by atoms with Gasteiger partial charge in [-0.2, -0.15) is 0 Å². The van der Waals surface area contributed by atoms with E-state index in [2.05, 4.69) is 23.5 Å². The molecule has 0 saturated heterocycles. The Morgan fingerprint density at radius 3 is 2.22 bits per heavy atom. The highest BCUT2D eigenvalue weighted by atomic mass is 32.2. The van der Waals surface area contributed by atoms with E-state index in [0.29, 0.717) is 17.4 Å². The van der Waals surface area contributed by atoms with Gasteiger partial charge < -0.3 is 4.90 Å². The van der Waals surface area contributed by atoms with Crippen molar-refractivity contribution < 1.29 is 8.42 Å². The Labute approximate surface area is 141 Å². The predicted octanol–water partition coefficient (Wildman–Crippen LogP) is 3.35. The molecular formula is C18H30N2O2S. The quantitative estimate of drug-likeness (QED) is 0.791. The monoisotopic (exact) mass is 338 g/mol. The van der Waals surface area contributed by atoms with Gasteiger partial charge in [0.15, 0.2) is 0 Å². The Kier molecular flexibility index (Phi) is 7.06. The molecule has 1 N–H and O–H groups in total. The van der Waals surface area contributed by atoms with Crippen LogP contribution in [0, 0.1) is 0 Å². The van der Waals surface area contributed by atoms with Crippen LogP contribution in [0.5, 0.6) is 0 Å².